The second-order valence-corrected chi connectivity index (χ2v) is 5.69. The van der Waals surface area contributed by atoms with E-state index in [1.807, 2.05) is 19.1 Å². The molecule has 1 rings (SSSR count). The molecule has 0 spiro atoms. The van der Waals surface area contributed by atoms with Crippen LogP contribution in [0.2, 0.25) is 0 Å². The third-order valence-corrected chi connectivity index (χ3v) is 3.65. The van der Waals surface area contributed by atoms with Crippen molar-refractivity contribution in [3.8, 4) is 0 Å². The molecule has 0 aromatic carbocycles. The molecule has 0 bridgehead atoms. The molecule has 0 aromatic rings. The summed E-state index contributed by atoms with van der Waals surface area (Å²) in [4.78, 5) is 4.52. The van der Waals surface area contributed by atoms with Crippen molar-refractivity contribution in [2.45, 2.75) is 26.7 Å². The number of nitrogens with zero attached hydrogens (tertiary/aromatic N) is 2. The van der Waals surface area contributed by atoms with Gasteiger partial charge in [0.2, 0.25) is 0 Å². The fourth-order valence-electron chi connectivity index (χ4n) is 2.00. The molecule has 0 aromatic heterocycles. The highest BCUT2D eigenvalue weighted by molar-refractivity contribution is 5.23. The Morgan fingerprint density at radius 2 is 1.85 bits per heavy atom. The molecule has 2 nitrogen and oxygen atoms in total. The zero-order valence-corrected chi connectivity index (χ0v) is 13.4. The van der Waals surface area contributed by atoms with E-state index >= 15 is 0 Å². The molecule has 110 valence electrons. The van der Waals surface area contributed by atoms with Crippen molar-refractivity contribution in [2.24, 2.45) is 0 Å². The first kappa shape index (κ1) is 16.4. The van der Waals surface area contributed by atoms with Crippen LogP contribution in [0.3, 0.4) is 0 Å². The summed E-state index contributed by atoms with van der Waals surface area (Å²) in [5.41, 5.74) is 4.96. The third-order valence-electron chi connectivity index (χ3n) is 3.65. The fraction of sp³-hybridized carbons (Fsp3) is 0.444. The van der Waals surface area contributed by atoms with Gasteiger partial charge >= 0.3 is 0 Å². The standard InChI is InChI=1S/C18H28N2/c1-15(2)7-10-17(4)19(5)13-14-20(6)18-11-8-16(3)9-12-18/h7-8,10-11H,1,4,9,12-14H2,2-3,5-6H3/b10-7-. The van der Waals surface area contributed by atoms with Gasteiger partial charge in [0.1, 0.15) is 0 Å². The minimum atomic E-state index is 0.968. The molecule has 0 unspecified atom stereocenters. The van der Waals surface area contributed by atoms with Gasteiger partial charge in [0.25, 0.3) is 0 Å². The fourth-order valence-corrected chi connectivity index (χ4v) is 2.00. The average molecular weight is 272 g/mol. The first-order valence-corrected chi connectivity index (χ1v) is 7.21. The first-order chi connectivity index (χ1) is 9.40. The second kappa shape index (κ2) is 7.78. The zero-order chi connectivity index (χ0) is 15.1. The lowest BCUT2D eigenvalue weighted by Gasteiger charge is -2.28. The van der Waals surface area contributed by atoms with Gasteiger partial charge in [-0.2, -0.15) is 0 Å². The summed E-state index contributed by atoms with van der Waals surface area (Å²) < 4.78 is 0. The van der Waals surface area contributed by atoms with E-state index in [2.05, 4.69) is 56.1 Å². The number of allylic oxidation sites excluding steroid dienone is 7. The summed E-state index contributed by atoms with van der Waals surface area (Å²) in [6.45, 7) is 14.1. The molecule has 0 fully saturated rings. The molecular formula is C18H28N2. The topological polar surface area (TPSA) is 6.48 Å². The highest BCUT2D eigenvalue weighted by atomic mass is 15.2. The van der Waals surface area contributed by atoms with Gasteiger partial charge in [0.05, 0.1) is 0 Å². The number of likely N-dealkylation sites (N-methyl/N-ethyl adjacent to an activating group) is 2. The second-order valence-electron chi connectivity index (χ2n) is 5.69. The van der Waals surface area contributed by atoms with E-state index in [1.54, 1.807) is 0 Å². The molecule has 0 saturated heterocycles. The summed E-state index contributed by atoms with van der Waals surface area (Å²) >= 11 is 0. The lowest BCUT2D eigenvalue weighted by Crippen LogP contribution is -2.29. The van der Waals surface area contributed by atoms with Crippen LogP contribution >= 0.6 is 0 Å². The highest BCUT2D eigenvalue weighted by Gasteiger charge is 2.09. The van der Waals surface area contributed by atoms with E-state index in [9.17, 15) is 0 Å². The summed E-state index contributed by atoms with van der Waals surface area (Å²) in [6.07, 6.45) is 10.8. The van der Waals surface area contributed by atoms with E-state index in [-0.39, 0.29) is 0 Å². The lowest BCUT2D eigenvalue weighted by molar-refractivity contribution is 0.329. The Bertz CT molecular complexity index is 452. The Morgan fingerprint density at radius 3 is 2.40 bits per heavy atom. The van der Waals surface area contributed by atoms with E-state index in [0.29, 0.717) is 0 Å². The number of hydrogen-bond donors (Lipinski definition) is 0. The van der Waals surface area contributed by atoms with Gasteiger partial charge in [-0.25, -0.2) is 0 Å². The Balaban J connectivity index is 2.42. The van der Waals surface area contributed by atoms with Crippen LogP contribution in [-0.2, 0) is 0 Å². The first-order valence-electron chi connectivity index (χ1n) is 7.21. The molecule has 0 atom stereocenters. The summed E-state index contributed by atoms with van der Waals surface area (Å²) in [5, 5.41) is 0. The monoisotopic (exact) mass is 272 g/mol. The Morgan fingerprint density at radius 1 is 1.15 bits per heavy atom. The average Bonchev–Trinajstić information content (AvgIpc) is 2.42. The molecule has 0 N–H and O–H groups in total. The van der Waals surface area contributed by atoms with Crippen molar-refractivity contribution in [2.75, 3.05) is 27.2 Å². The van der Waals surface area contributed by atoms with Crippen LogP contribution in [0.15, 0.2) is 60.0 Å². The zero-order valence-electron chi connectivity index (χ0n) is 13.4. The maximum Gasteiger partial charge on any atom is 0.0350 e. The van der Waals surface area contributed by atoms with Crippen LogP contribution in [0.1, 0.15) is 26.7 Å². The van der Waals surface area contributed by atoms with Crippen LogP contribution in [0.4, 0.5) is 0 Å². The van der Waals surface area contributed by atoms with E-state index in [4.69, 9.17) is 0 Å². The predicted octanol–water partition coefficient (Wildman–Crippen LogP) is 4.12. The van der Waals surface area contributed by atoms with Crippen molar-refractivity contribution >= 4 is 0 Å². The van der Waals surface area contributed by atoms with Crippen LogP contribution in [0, 0.1) is 0 Å². The van der Waals surface area contributed by atoms with Crippen LogP contribution in [-0.4, -0.2) is 37.0 Å². The molecule has 0 radical (unpaired) electrons. The molecule has 1 aliphatic rings. The van der Waals surface area contributed by atoms with Crippen molar-refractivity contribution in [3.63, 3.8) is 0 Å². The Labute approximate surface area is 124 Å². The van der Waals surface area contributed by atoms with E-state index in [0.717, 1.165) is 30.8 Å². The van der Waals surface area contributed by atoms with Crippen LogP contribution in [0.25, 0.3) is 0 Å². The van der Waals surface area contributed by atoms with Crippen molar-refractivity contribution in [1.29, 1.82) is 0 Å². The maximum atomic E-state index is 4.08. The lowest BCUT2D eigenvalue weighted by atomic mass is 10.0. The van der Waals surface area contributed by atoms with Gasteiger partial charge < -0.3 is 9.80 Å². The van der Waals surface area contributed by atoms with Gasteiger partial charge in [0.15, 0.2) is 0 Å². The molecule has 0 saturated carbocycles. The normalized spacial score (nSPS) is 14.8. The number of hydrogen-bond acceptors (Lipinski definition) is 2. The van der Waals surface area contributed by atoms with E-state index in [1.165, 1.54) is 17.7 Å². The largest absolute Gasteiger partial charge is 0.376 e. The molecule has 0 heterocycles. The van der Waals surface area contributed by atoms with Gasteiger partial charge in [-0.3, -0.25) is 0 Å². The molecule has 20 heavy (non-hydrogen) atoms. The third kappa shape index (κ3) is 5.52. The van der Waals surface area contributed by atoms with Crippen LogP contribution in [0.5, 0.6) is 0 Å². The van der Waals surface area contributed by atoms with Gasteiger partial charge in [-0.05, 0) is 38.8 Å². The summed E-state index contributed by atoms with van der Waals surface area (Å²) in [7, 11) is 4.25. The smallest absolute Gasteiger partial charge is 0.0350 e. The minimum absolute atomic E-state index is 0.968. The summed E-state index contributed by atoms with van der Waals surface area (Å²) in [5.74, 6) is 0. The van der Waals surface area contributed by atoms with Gasteiger partial charge in [-0.15, -0.1) is 0 Å². The molecule has 1 aliphatic carbocycles. The minimum Gasteiger partial charge on any atom is -0.376 e. The van der Waals surface area contributed by atoms with E-state index < -0.39 is 0 Å². The van der Waals surface area contributed by atoms with Crippen LogP contribution < -0.4 is 0 Å². The summed E-state index contributed by atoms with van der Waals surface area (Å²) in [6, 6.07) is 0. The molecular weight excluding hydrogens is 244 g/mol. The van der Waals surface area contributed by atoms with Crippen molar-refractivity contribution in [1.82, 2.24) is 9.80 Å². The quantitative estimate of drug-likeness (QED) is 0.643. The Hall–Kier alpha value is -1.70. The van der Waals surface area contributed by atoms with Gasteiger partial charge in [0, 0.05) is 38.6 Å². The molecule has 2 heteroatoms. The van der Waals surface area contributed by atoms with Gasteiger partial charge in [-0.1, -0.05) is 36.5 Å². The Kier molecular flexibility index (Phi) is 6.37. The SMILES string of the molecule is C=C(C)/C=C\C(=C)N(C)CCN(C)C1=CC=C(C)CC1. The maximum absolute atomic E-state index is 4.08. The molecule has 0 aliphatic heterocycles. The van der Waals surface area contributed by atoms with Crippen molar-refractivity contribution < 1.29 is 0 Å². The highest BCUT2D eigenvalue weighted by Crippen LogP contribution is 2.19. The predicted molar refractivity (Wildman–Crippen MR) is 89.4 cm³/mol. The number of rotatable bonds is 7. The van der Waals surface area contributed by atoms with Crippen molar-refractivity contribution in [3.05, 3.63) is 60.0 Å². The molecule has 0 amide bonds.